The number of hydrogen-bond acceptors (Lipinski definition) is 4. The highest BCUT2D eigenvalue weighted by Crippen LogP contribution is 2.25. The highest BCUT2D eigenvalue weighted by Gasteiger charge is 2.23. The Labute approximate surface area is 241 Å². The van der Waals surface area contributed by atoms with Crippen molar-refractivity contribution in [3.05, 3.63) is 110 Å². The van der Waals surface area contributed by atoms with Crippen molar-refractivity contribution in [3.63, 3.8) is 0 Å². The first-order valence-electron chi connectivity index (χ1n) is 12.8. The van der Waals surface area contributed by atoms with Gasteiger partial charge in [-0.3, -0.25) is 9.59 Å². The van der Waals surface area contributed by atoms with E-state index in [9.17, 15) is 18.8 Å². The number of urea groups is 1. The predicted octanol–water partition coefficient (Wildman–Crippen LogP) is 7.10. The number of nitrogens with one attached hydrogen (secondary N) is 1. The molecule has 0 radical (unpaired) electrons. The van der Waals surface area contributed by atoms with Crippen molar-refractivity contribution in [1.82, 2.24) is 9.80 Å². The van der Waals surface area contributed by atoms with Gasteiger partial charge < -0.3 is 19.5 Å². The third-order valence-corrected chi connectivity index (χ3v) is 7.06. The fourth-order valence-electron chi connectivity index (χ4n) is 4.12. The van der Waals surface area contributed by atoms with Crippen molar-refractivity contribution < 1.29 is 18.4 Å². The lowest BCUT2D eigenvalue weighted by molar-refractivity contribution is -0.133. The van der Waals surface area contributed by atoms with E-state index in [1.165, 1.54) is 34.3 Å². The van der Waals surface area contributed by atoms with Gasteiger partial charge in [-0.25, -0.2) is 9.18 Å². The van der Waals surface area contributed by atoms with Gasteiger partial charge in [0, 0.05) is 18.8 Å². The molecule has 4 rings (SSSR count). The van der Waals surface area contributed by atoms with Gasteiger partial charge in [0.05, 0.1) is 33.8 Å². The van der Waals surface area contributed by atoms with Gasteiger partial charge in [0.1, 0.15) is 17.9 Å². The van der Waals surface area contributed by atoms with Crippen LogP contribution in [0.25, 0.3) is 11.0 Å². The third kappa shape index (κ3) is 7.40. The summed E-state index contributed by atoms with van der Waals surface area (Å²) in [5, 5.41) is 3.81. The van der Waals surface area contributed by atoms with E-state index >= 15 is 0 Å². The van der Waals surface area contributed by atoms with Gasteiger partial charge in [-0.15, -0.1) is 0 Å². The van der Waals surface area contributed by atoms with Crippen LogP contribution in [-0.2, 0) is 17.9 Å². The minimum Gasteiger partial charge on any atom is -0.464 e. The van der Waals surface area contributed by atoms with Crippen LogP contribution in [0, 0.1) is 5.82 Å². The summed E-state index contributed by atoms with van der Waals surface area (Å²) in [6.07, 6.45) is 2.83. The van der Waals surface area contributed by atoms with Crippen LogP contribution in [0.2, 0.25) is 10.0 Å². The van der Waals surface area contributed by atoms with Crippen LogP contribution in [0.4, 0.5) is 14.9 Å². The van der Waals surface area contributed by atoms with Gasteiger partial charge in [0.25, 0.3) is 0 Å². The number of nitrogens with zero attached hydrogens (tertiary/aromatic N) is 2. The maximum Gasteiger partial charge on any atom is 0.322 e. The zero-order valence-electron chi connectivity index (χ0n) is 21.8. The molecular formula is C30H28Cl2FN3O4. The largest absolute Gasteiger partial charge is 0.464 e. The fraction of sp³-hybridized carbons (Fsp3) is 0.233. The van der Waals surface area contributed by atoms with Gasteiger partial charge in [-0.1, -0.05) is 60.8 Å². The normalized spacial score (nSPS) is 10.9. The molecule has 208 valence electrons. The van der Waals surface area contributed by atoms with E-state index in [0.717, 1.165) is 6.42 Å². The van der Waals surface area contributed by atoms with Crippen LogP contribution < -0.4 is 10.7 Å². The number of fused-ring (bicyclic) bond motifs is 1. The number of rotatable bonds is 10. The van der Waals surface area contributed by atoms with E-state index < -0.39 is 17.8 Å². The van der Waals surface area contributed by atoms with Crippen LogP contribution in [0.5, 0.6) is 0 Å². The molecule has 4 aromatic rings. The van der Waals surface area contributed by atoms with Gasteiger partial charge in [0.2, 0.25) is 5.91 Å². The number of carbonyl (C=O) groups is 2. The monoisotopic (exact) mass is 583 g/mol. The number of benzene rings is 3. The Balaban J connectivity index is 1.59. The summed E-state index contributed by atoms with van der Waals surface area (Å²) in [6, 6.07) is 16.9. The summed E-state index contributed by atoms with van der Waals surface area (Å²) in [5.74, 6) is -0.793. The van der Waals surface area contributed by atoms with E-state index in [1.807, 2.05) is 6.92 Å². The lowest BCUT2D eigenvalue weighted by Crippen LogP contribution is -2.44. The molecule has 7 nitrogen and oxygen atoms in total. The average molecular weight is 584 g/mol. The molecule has 0 saturated carbocycles. The molecule has 0 unspecified atom stereocenters. The molecule has 1 N–H and O–H groups in total. The average Bonchev–Trinajstić information content (AvgIpc) is 2.95. The minimum atomic E-state index is -0.479. The second-order valence-electron chi connectivity index (χ2n) is 9.30. The van der Waals surface area contributed by atoms with E-state index in [4.69, 9.17) is 27.6 Å². The lowest BCUT2D eigenvalue weighted by atomic mass is 10.1. The van der Waals surface area contributed by atoms with Crippen molar-refractivity contribution in [2.45, 2.75) is 32.9 Å². The van der Waals surface area contributed by atoms with Crippen LogP contribution in [0.1, 0.15) is 30.9 Å². The highest BCUT2D eigenvalue weighted by atomic mass is 35.5. The predicted molar refractivity (Wildman–Crippen MR) is 155 cm³/mol. The molecule has 0 saturated heterocycles. The van der Waals surface area contributed by atoms with E-state index in [1.54, 1.807) is 48.5 Å². The molecule has 0 bridgehead atoms. The molecule has 0 aliphatic carbocycles. The van der Waals surface area contributed by atoms with Gasteiger partial charge >= 0.3 is 6.03 Å². The number of unbranched alkanes of at least 4 members (excludes halogenated alkanes) is 1. The van der Waals surface area contributed by atoms with Crippen molar-refractivity contribution in [2.24, 2.45) is 0 Å². The molecule has 0 aliphatic heterocycles. The zero-order valence-corrected chi connectivity index (χ0v) is 23.3. The van der Waals surface area contributed by atoms with Crippen molar-refractivity contribution >= 4 is 51.8 Å². The first kappa shape index (κ1) is 29.1. The summed E-state index contributed by atoms with van der Waals surface area (Å²) in [4.78, 5) is 42.9. The Kier molecular flexibility index (Phi) is 9.79. The maximum absolute atomic E-state index is 13.7. The zero-order chi connectivity index (χ0) is 28.6. The standard InChI is InChI=1S/C30H28Cl2FN3O4/c1-2-3-14-35(30(39)34-23-12-13-25(31)26(32)15-23)18-28(37)36(16-20-8-10-22(33)11-9-20)17-21-19-40-27-7-5-4-6-24(27)29(21)38/h4-13,15,19H,2-3,14,16-18H2,1H3,(H,34,39). The maximum atomic E-state index is 13.7. The van der Waals surface area contributed by atoms with Crippen molar-refractivity contribution in [2.75, 3.05) is 18.4 Å². The molecule has 0 fully saturated rings. The number of hydrogen-bond donors (Lipinski definition) is 1. The summed E-state index contributed by atoms with van der Waals surface area (Å²) in [7, 11) is 0. The molecule has 40 heavy (non-hydrogen) atoms. The Hall–Kier alpha value is -3.88. The van der Waals surface area contributed by atoms with Crippen LogP contribution in [0.15, 0.2) is 82.2 Å². The molecule has 1 aromatic heterocycles. The fourth-order valence-corrected chi connectivity index (χ4v) is 4.41. The third-order valence-electron chi connectivity index (χ3n) is 6.32. The smallest absolute Gasteiger partial charge is 0.322 e. The van der Waals surface area contributed by atoms with E-state index in [2.05, 4.69) is 5.32 Å². The molecule has 0 atom stereocenters. The number of para-hydroxylation sites is 1. The quantitative estimate of drug-likeness (QED) is 0.216. The van der Waals surface area contributed by atoms with Gasteiger partial charge in [0.15, 0.2) is 5.43 Å². The highest BCUT2D eigenvalue weighted by molar-refractivity contribution is 6.42. The van der Waals surface area contributed by atoms with Gasteiger partial charge in [-0.2, -0.15) is 0 Å². The number of amides is 3. The molecular weight excluding hydrogens is 556 g/mol. The summed E-state index contributed by atoms with van der Waals surface area (Å²) >= 11 is 12.1. The topological polar surface area (TPSA) is 82.9 Å². The Morgan fingerprint density at radius 2 is 1.70 bits per heavy atom. The van der Waals surface area contributed by atoms with Crippen molar-refractivity contribution in [1.29, 1.82) is 0 Å². The number of anilines is 1. The second-order valence-corrected chi connectivity index (χ2v) is 10.1. The van der Waals surface area contributed by atoms with Crippen LogP contribution in [0.3, 0.4) is 0 Å². The minimum absolute atomic E-state index is 0.0561. The Bertz CT molecular complexity index is 1560. The Morgan fingerprint density at radius 3 is 2.42 bits per heavy atom. The van der Waals surface area contributed by atoms with Gasteiger partial charge in [-0.05, 0) is 54.4 Å². The molecule has 10 heteroatoms. The molecule has 0 spiro atoms. The summed E-state index contributed by atoms with van der Waals surface area (Å²) in [6.45, 7) is 2.11. The van der Waals surface area contributed by atoms with E-state index in [-0.39, 0.29) is 35.6 Å². The summed E-state index contributed by atoms with van der Waals surface area (Å²) < 4.78 is 19.2. The first-order valence-corrected chi connectivity index (χ1v) is 13.5. The SMILES string of the molecule is CCCCN(CC(=O)N(Cc1ccc(F)cc1)Cc1coc2ccccc2c1=O)C(=O)Nc1ccc(Cl)c(Cl)c1. The second kappa shape index (κ2) is 13.5. The molecule has 1 heterocycles. The Morgan fingerprint density at radius 1 is 0.950 bits per heavy atom. The van der Waals surface area contributed by atoms with Crippen molar-refractivity contribution in [3.8, 4) is 0 Å². The first-order chi connectivity index (χ1) is 19.2. The van der Waals surface area contributed by atoms with Crippen LogP contribution in [-0.4, -0.2) is 34.8 Å². The molecule has 0 aliphatic rings. The summed E-state index contributed by atoms with van der Waals surface area (Å²) in [5.41, 5.74) is 1.58. The molecule has 3 amide bonds. The van der Waals surface area contributed by atoms with Crippen LogP contribution >= 0.6 is 23.2 Å². The number of halogens is 3. The lowest BCUT2D eigenvalue weighted by Gasteiger charge is -2.28. The van der Waals surface area contributed by atoms with E-state index in [0.29, 0.717) is 40.2 Å². The number of carbonyl (C=O) groups excluding carboxylic acids is 2. The molecule has 3 aromatic carbocycles.